The molecular weight excluding hydrogens is 364 g/mol. The number of ether oxygens (including phenoxy) is 3. The molecule has 1 N–H and O–H groups in total. The largest absolute Gasteiger partial charge is 0.493 e. The Balaban J connectivity index is 1.74. The number of carbonyl (C=O) groups excluding carboxylic acids is 3. The predicted octanol–water partition coefficient (Wildman–Crippen LogP) is 1.39. The molecule has 0 aromatic heterocycles. The molecule has 0 aliphatic heterocycles. The number of allylic oxidation sites excluding steroid dienone is 1. The zero-order valence-electron chi connectivity index (χ0n) is 16.4. The van der Waals surface area contributed by atoms with Crippen LogP contribution < -0.4 is 14.8 Å². The van der Waals surface area contributed by atoms with Crippen LogP contribution in [0.4, 0.5) is 0 Å². The van der Waals surface area contributed by atoms with Crippen molar-refractivity contribution < 1.29 is 28.6 Å². The third-order valence-corrected chi connectivity index (χ3v) is 4.00. The summed E-state index contributed by atoms with van der Waals surface area (Å²) in [6.45, 7) is 1.02. The third kappa shape index (κ3) is 6.94. The van der Waals surface area contributed by atoms with E-state index in [0.29, 0.717) is 11.5 Å². The molecule has 1 aromatic carbocycles. The first-order chi connectivity index (χ1) is 13.4. The number of esters is 1. The highest BCUT2D eigenvalue weighted by Crippen LogP contribution is 2.28. The summed E-state index contributed by atoms with van der Waals surface area (Å²) in [5.41, 5.74) is 0.939. The van der Waals surface area contributed by atoms with Crippen molar-refractivity contribution in [2.24, 2.45) is 0 Å². The lowest BCUT2D eigenvalue weighted by Crippen LogP contribution is -2.40. The number of likely N-dealkylation sites (N-methyl/N-ethyl adjacent to an activating group) is 1. The zero-order valence-corrected chi connectivity index (χ0v) is 16.4. The molecule has 0 spiro atoms. The Bertz CT molecular complexity index is 742. The number of methoxy groups -OCH3 is 1. The molecular formula is C20H26N2O6. The summed E-state index contributed by atoms with van der Waals surface area (Å²) >= 11 is 0. The normalized spacial score (nSPS) is 13.1. The van der Waals surface area contributed by atoms with Crippen LogP contribution in [-0.4, -0.2) is 62.6 Å². The van der Waals surface area contributed by atoms with Gasteiger partial charge in [-0.25, -0.2) is 4.79 Å². The molecule has 0 unspecified atom stereocenters. The monoisotopic (exact) mass is 390 g/mol. The maximum atomic E-state index is 12.0. The van der Waals surface area contributed by atoms with Gasteiger partial charge in [0, 0.05) is 13.1 Å². The van der Waals surface area contributed by atoms with Crippen molar-refractivity contribution in [3.8, 4) is 11.5 Å². The Morgan fingerprint density at radius 2 is 1.96 bits per heavy atom. The van der Waals surface area contributed by atoms with Crippen LogP contribution in [0.5, 0.6) is 11.5 Å². The Morgan fingerprint density at radius 1 is 1.21 bits per heavy atom. The SMILES string of the molecule is C/C=C/c1ccc(OCC(=O)OCC(=O)N(C)CC(=O)NC2CC2)c(OC)c1. The van der Waals surface area contributed by atoms with Gasteiger partial charge in [0.1, 0.15) is 0 Å². The van der Waals surface area contributed by atoms with Crippen LogP contribution in [0.15, 0.2) is 24.3 Å². The molecule has 0 saturated heterocycles. The highest BCUT2D eigenvalue weighted by Gasteiger charge is 2.24. The molecule has 2 amide bonds. The predicted molar refractivity (Wildman–Crippen MR) is 103 cm³/mol. The second kappa shape index (κ2) is 10.3. The van der Waals surface area contributed by atoms with Gasteiger partial charge in [-0.3, -0.25) is 9.59 Å². The van der Waals surface area contributed by atoms with Gasteiger partial charge in [-0.2, -0.15) is 0 Å². The van der Waals surface area contributed by atoms with Crippen molar-refractivity contribution in [1.82, 2.24) is 10.2 Å². The average Bonchev–Trinajstić information content (AvgIpc) is 3.48. The minimum Gasteiger partial charge on any atom is -0.493 e. The molecule has 1 saturated carbocycles. The summed E-state index contributed by atoms with van der Waals surface area (Å²) in [4.78, 5) is 36.7. The zero-order chi connectivity index (χ0) is 20.5. The maximum absolute atomic E-state index is 12.0. The second-order valence-corrected chi connectivity index (χ2v) is 6.45. The molecule has 2 rings (SSSR count). The fraction of sp³-hybridized carbons (Fsp3) is 0.450. The van der Waals surface area contributed by atoms with Crippen molar-refractivity contribution >= 4 is 23.9 Å². The fourth-order valence-corrected chi connectivity index (χ4v) is 2.33. The van der Waals surface area contributed by atoms with Gasteiger partial charge in [0.2, 0.25) is 5.91 Å². The third-order valence-electron chi connectivity index (χ3n) is 4.00. The van der Waals surface area contributed by atoms with Crippen molar-refractivity contribution in [2.75, 3.05) is 33.9 Å². The summed E-state index contributed by atoms with van der Waals surface area (Å²) < 4.78 is 15.6. The first-order valence-corrected chi connectivity index (χ1v) is 9.05. The second-order valence-electron chi connectivity index (χ2n) is 6.45. The summed E-state index contributed by atoms with van der Waals surface area (Å²) in [6.07, 6.45) is 5.76. The number of hydrogen-bond acceptors (Lipinski definition) is 6. The van der Waals surface area contributed by atoms with E-state index in [0.717, 1.165) is 18.4 Å². The average molecular weight is 390 g/mol. The van der Waals surface area contributed by atoms with Crippen LogP contribution in [0.1, 0.15) is 25.3 Å². The van der Waals surface area contributed by atoms with E-state index >= 15 is 0 Å². The standard InChI is InChI=1S/C20H26N2O6/c1-4-5-14-6-9-16(17(10-14)26-3)27-13-20(25)28-12-19(24)22(2)11-18(23)21-15-7-8-15/h4-6,9-10,15H,7-8,11-13H2,1-3H3,(H,21,23)/b5-4+. The molecule has 8 nitrogen and oxygen atoms in total. The van der Waals surface area contributed by atoms with E-state index in [9.17, 15) is 14.4 Å². The smallest absolute Gasteiger partial charge is 0.344 e. The van der Waals surface area contributed by atoms with Gasteiger partial charge >= 0.3 is 5.97 Å². The molecule has 8 heteroatoms. The molecule has 28 heavy (non-hydrogen) atoms. The molecule has 0 atom stereocenters. The highest BCUT2D eigenvalue weighted by molar-refractivity contribution is 5.86. The Labute approximate surface area is 164 Å². The van der Waals surface area contributed by atoms with Crippen LogP contribution >= 0.6 is 0 Å². The number of hydrogen-bond donors (Lipinski definition) is 1. The minimum atomic E-state index is -0.691. The van der Waals surface area contributed by atoms with E-state index in [2.05, 4.69) is 5.32 Å². The molecule has 1 aliphatic rings. The molecule has 1 aromatic rings. The fourth-order valence-electron chi connectivity index (χ4n) is 2.33. The van der Waals surface area contributed by atoms with Gasteiger partial charge in [0.15, 0.2) is 24.7 Å². The summed E-state index contributed by atoms with van der Waals surface area (Å²) in [5.74, 6) is -0.494. The number of amides is 2. The van der Waals surface area contributed by atoms with E-state index in [1.807, 2.05) is 25.1 Å². The maximum Gasteiger partial charge on any atom is 0.344 e. The van der Waals surface area contributed by atoms with Crippen molar-refractivity contribution in [2.45, 2.75) is 25.8 Å². The first kappa shape index (κ1) is 21.3. The van der Waals surface area contributed by atoms with Gasteiger partial charge in [-0.05, 0) is 37.5 Å². The molecule has 152 valence electrons. The first-order valence-electron chi connectivity index (χ1n) is 9.05. The molecule has 1 aliphatic carbocycles. The van der Waals surface area contributed by atoms with Crippen LogP contribution in [0.2, 0.25) is 0 Å². The molecule has 1 fully saturated rings. The highest BCUT2D eigenvalue weighted by atomic mass is 16.6. The van der Waals surface area contributed by atoms with E-state index in [1.54, 1.807) is 12.1 Å². The summed E-state index contributed by atoms with van der Waals surface area (Å²) in [6, 6.07) is 5.54. The van der Waals surface area contributed by atoms with Crippen molar-refractivity contribution in [3.05, 3.63) is 29.8 Å². The molecule has 0 heterocycles. The van der Waals surface area contributed by atoms with E-state index in [-0.39, 0.29) is 25.1 Å². The van der Waals surface area contributed by atoms with E-state index in [1.165, 1.54) is 19.1 Å². The van der Waals surface area contributed by atoms with Crippen molar-refractivity contribution in [3.63, 3.8) is 0 Å². The molecule has 0 bridgehead atoms. The lowest BCUT2D eigenvalue weighted by molar-refractivity contribution is -0.153. The van der Waals surface area contributed by atoms with E-state index < -0.39 is 18.5 Å². The van der Waals surface area contributed by atoms with Crippen LogP contribution in [0, 0.1) is 0 Å². The van der Waals surface area contributed by atoms with Gasteiger partial charge in [0.05, 0.1) is 13.7 Å². The van der Waals surface area contributed by atoms with Gasteiger partial charge in [-0.1, -0.05) is 18.2 Å². The Kier molecular flexibility index (Phi) is 7.86. The number of carbonyl (C=O) groups is 3. The number of nitrogens with zero attached hydrogens (tertiary/aromatic N) is 1. The van der Waals surface area contributed by atoms with E-state index in [4.69, 9.17) is 14.2 Å². The Morgan fingerprint density at radius 3 is 2.61 bits per heavy atom. The molecule has 0 radical (unpaired) electrons. The lowest BCUT2D eigenvalue weighted by Gasteiger charge is -2.17. The van der Waals surface area contributed by atoms with Gasteiger partial charge < -0.3 is 24.4 Å². The van der Waals surface area contributed by atoms with Crippen LogP contribution in [-0.2, 0) is 19.1 Å². The topological polar surface area (TPSA) is 94.2 Å². The Hall–Kier alpha value is -3.03. The number of benzene rings is 1. The van der Waals surface area contributed by atoms with Gasteiger partial charge in [0.25, 0.3) is 5.91 Å². The van der Waals surface area contributed by atoms with Crippen LogP contribution in [0.25, 0.3) is 6.08 Å². The minimum absolute atomic E-state index is 0.0703. The van der Waals surface area contributed by atoms with Gasteiger partial charge in [-0.15, -0.1) is 0 Å². The summed E-state index contributed by atoms with van der Waals surface area (Å²) in [5, 5.41) is 2.79. The number of nitrogens with one attached hydrogen (secondary N) is 1. The van der Waals surface area contributed by atoms with Crippen molar-refractivity contribution in [1.29, 1.82) is 0 Å². The lowest BCUT2D eigenvalue weighted by atomic mass is 10.2. The summed E-state index contributed by atoms with van der Waals surface area (Å²) in [7, 11) is 2.99. The number of rotatable bonds is 10. The van der Waals surface area contributed by atoms with Crippen LogP contribution in [0.3, 0.4) is 0 Å². The quantitative estimate of drug-likeness (QED) is 0.607.